The fourth-order valence-electron chi connectivity index (χ4n) is 0. The Labute approximate surface area is 71.7 Å². The normalized spacial score (nSPS) is 6.17. The molecule has 0 aliphatic rings. The molecule has 0 aromatic carbocycles. The van der Waals surface area contributed by atoms with Crippen molar-refractivity contribution in [3.05, 3.63) is 0 Å². The van der Waals surface area contributed by atoms with Crippen LogP contribution in [0.3, 0.4) is 0 Å². The molecule has 0 heterocycles. The fourth-order valence-corrected chi connectivity index (χ4v) is 0. The second-order valence-electron chi connectivity index (χ2n) is 0.527. The van der Waals surface area contributed by atoms with Gasteiger partial charge in [0.1, 0.15) is 0 Å². The monoisotopic (exact) mass is 209 g/mol. The SMILES string of the molecule is O=C(O)CI.[Na]. The van der Waals surface area contributed by atoms with Crippen molar-refractivity contribution < 1.29 is 9.90 Å². The van der Waals surface area contributed by atoms with E-state index in [0.29, 0.717) is 0 Å². The van der Waals surface area contributed by atoms with Gasteiger partial charge in [0, 0.05) is 29.6 Å². The first kappa shape index (κ1) is 10.2. The van der Waals surface area contributed by atoms with Crippen molar-refractivity contribution in [2.24, 2.45) is 0 Å². The Kier molecular flexibility index (Phi) is 10.6. The van der Waals surface area contributed by atoms with Gasteiger partial charge in [-0.3, -0.25) is 4.79 Å². The topological polar surface area (TPSA) is 37.3 Å². The van der Waals surface area contributed by atoms with Crippen molar-refractivity contribution in [1.82, 2.24) is 0 Å². The largest absolute Gasteiger partial charge is 0.481 e. The summed E-state index contributed by atoms with van der Waals surface area (Å²) in [5, 5.41) is 7.71. The number of alkyl halides is 1. The molecule has 1 radical (unpaired) electrons. The molecule has 2 nitrogen and oxygen atoms in total. The number of carbonyl (C=O) groups is 1. The van der Waals surface area contributed by atoms with E-state index in [4.69, 9.17) is 5.11 Å². The molecule has 0 amide bonds. The van der Waals surface area contributed by atoms with Crippen molar-refractivity contribution in [2.45, 2.75) is 0 Å². The summed E-state index contributed by atoms with van der Waals surface area (Å²) in [7, 11) is 0. The zero-order chi connectivity index (χ0) is 4.28. The number of carboxylic acid groups (broad SMARTS) is 1. The van der Waals surface area contributed by atoms with Gasteiger partial charge in [-0.25, -0.2) is 0 Å². The van der Waals surface area contributed by atoms with Crippen LogP contribution in [0.5, 0.6) is 0 Å². The van der Waals surface area contributed by atoms with E-state index in [2.05, 4.69) is 0 Å². The van der Waals surface area contributed by atoms with E-state index in [1.165, 1.54) is 0 Å². The van der Waals surface area contributed by atoms with Gasteiger partial charge in [0.15, 0.2) is 0 Å². The maximum absolute atomic E-state index is 9.36. The molecule has 0 aliphatic carbocycles. The molecule has 0 saturated heterocycles. The molecule has 0 atom stereocenters. The summed E-state index contributed by atoms with van der Waals surface area (Å²) in [5.41, 5.74) is 0. The van der Waals surface area contributed by atoms with Gasteiger partial charge in [-0.2, -0.15) is 0 Å². The Hall–Kier alpha value is 1.20. The van der Waals surface area contributed by atoms with Gasteiger partial charge in [-0.1, -0.05) is 22.6 Å². The van der Waals surface area contributed by atoms with Gasteiger partial charge < -0.3 is 5.11 Å². The van der Waals surface area contributed by atoms with Gasteiger partial charge in [-0.05, 0) is 0 Å². The number of halogens is 1. The van der Waals surface area contributed by atoms with Crippen LogP contribution in [0.1, 0.15) is 0 Å². The molecule has 1 N–H and O–H groups in total. The molecule has 31 valence electrons. The van der Waals surface area contributed by atoms with E-state index in [1.54, 1.807) is 22.6 Å². The molecule has 0 aliphatic heterocycles. The summed E-state index contributed by atoms with van der Waals surface area (Å²) in [6.45, 7) is 0. The van der Waals surface area contributed by atoms with Crippen LogP contribution < -0.4 is 0 Å². The Morgan fingerprint density at radius 1 is 1.83 bits per heavy atom. The average molecular weight is 209 g/mol. The van der Waals surface area contributed by atoms with Crippen molar-refractivity contribution >= 4 is 58.1 Å². The second kappa shape index (κ2) is 6.20. The van der Waals surface area contributed by atoms with Crippen molar-refractivity contribution in [3.8, 4) is 0 Å². The van der Waals surface area contributed by atoms with Crippen molar-refractivity contribution in [1.29, 1.82) is 0 Å². The molecule has 0 aromatic rings. The van der Waals surface area contributed by atoms with E-state index in [0.717, 1.165) is 0 Å². The average Bonchev–Trinajstić information content (AvgIpc) is 1.38. The van der Waals surface area contributed by atoms with Crippen molar-refractivity contribution in [2.75, 3.05) is 4.43 Å². The summed E-state index contributed by atoms with van der Waals surface area (Å²) in [6.07, 6.45) is 0. The summed E-state index contributed by atoms with van der Waals surface area (Å²) >= 11 is 1.78. The van der Waals surface area contributed by atoms with Crippen LogP contribution in [-0.2, 0) is 4.79 Å². The molecule has 0 saturated carbocycles. The summed E-state index contributed by atoms with van der Waals surface area (Å²) in [5.74, 6) is -0.759. The molecular weight excluding hydrogens is 206 g/mol. The van der Waals surface area contributed by atoms with Gasteiger partial charge in [0.25, 0.3) is 0 Å². The van der Waals surface area contributed by atoms with Gasteiger partial charge in [0.2, 0.25) is 0 Å². The Balaban J connectivity index is 0. The number of rotatable bonds is 1. The number of carboxylic acids is 1. The van der Waals surface area contributed by atoms with E-state index >= 15 is 0 Å². The molecule has 0 fully saturated rings. The van der Waals surface area contributed by atoms with Gasteiger partial charge in [-0.15, -0.1) is 0 Å². The first-order chi connectivity index (χ1) is 2.27. The minimum Gasteiger partial charge on any atom is -0.481 e. The van der Waals surface area contributed by atoms with Crippen LogP contribution in [0.2, 0.25) is 0 Å². The third kappa shape index (κ3) is 8.96. The van der Waals surface area contributed by atoms with Crippen LogP contribution in [0, 0.1) is 0 Å². The standard InChI is InChI=1S/C2H3IO2.Na/c3-1-2(4)5;/h1H2,(H,4,5);. The quantitative estimate of drug-likeness (QED) is 0.378. The van der Waals surface area contributed by atoms with Gasteiger partial charge >= 0.3 is 5.97 Å². The van der Waals surface area contributed by atoms with Crippen LogP contribution in [0.25, 0.3) is 0 Å². The smallest absolute Gasteiger partial charge is 0.313 e. The second-order valence-corrected chi connectivity index (χ2v) is 1.29. The Morgan fingerprint density at radius 2 is 2.00 bits per heavy atom. The molecule has 0 rings (SSSR count). The first-order valence-corrected chi connectivity index (χ1v) is 2.57. The van der Waals surface area contributed by atoms with E-state index in [-0.39, 0.29) is 34.0 Å². The zero-order valence-electron chi connectivity index (χ0n) is 3.44. The minimum absolute atomic E-state index is 0. The molecule has 6 heavy (non-hydrogen) atoms. The van der Waals surface area contributed by atoms with Crippen LogP contribution >= 0.6 is 22.6 Å². The number of hydrogen-bond donors (Lipinski definition) is 1. The van der Waals surface area contributed by atoms with Crippen LogP contribution in [-0.4, -0.2) is 45.1 Å². The predicted octanol–water partition coefficient (Wildman–Crippen LogP) is 0.125. The Bertz CT molecular complexity index is 46.8. The molecular formula is C2H3INaO2. The minimum atomic E-state index is -0.759. The van der Waals surface area contributed by atoms with Crippen LogP contribution in [0.4, 0.5) is 0 Å². The summed E-state index contributed by atoms with van der Waals surface area (Å²) in [4.78, 5) is 9.36. The molecule has 4 heteroatoms. The first-order valence-electron chi connectivity index (χ1n) is 1.05. The Morgan fingerprint density at radius 3 is 2.00 bits per heavy atom. The van der Waals surface area contributed by atoms with Crippen LogP contribution in [0.15, 0.2) is 0 Å². The fraction of sp³-hybridized carbons (Fsp3) is 0.500. The van der Waals surface area contributed by atoms with E-state index in [1.807, 2.05) is 0 Å². The summed E-state index contributed by atoms with van der Waals surface area (Å²) in [6, 6.07) is 0. The van der Waals surface area contributed by atoms with E-state index < -0.39 is 5.97 Å². The van der Waals surface area contributed by atoms with Gasteiger partial charge in [0.05, 0.1) is 4.43 Å². The maximum Gasteiger partial charge on any atom is 0.313 e. The third-order valence-electron chi connectivity index (χ3n) is 0.114. The third-order valence-corrected chi connectivity index (χ3v) is 0.767. The van der Waals surface area contributed by atoms with Crippen molar-refractivity contribution in [3.63, 3.8) is 0 Å². The molecule has 0 aromatic heterocycles. The summed E-state index contributed by atoms with van der Waals surface area (Å²) < 4.78 is 0.192. The predicted molar refractivity (Wildman–Crippen MR) is 32.3 cm³/mol. The van der Waals surface area contributed by atoms with E-state index in [9.17, 15) is 4.79 Å². The number of hydrogen-bond acceptors (Lipinski definition) is 1. The molecule has 0 bridgehead atoms. The maximum atomic E-state index is 9.36. The molecule has 0 unspecified atom stereocenters. The molecule has 0 spiro atoms. The number of aliphatic carboxylic acids is 1. The zero-order valence-corrected chi connectivity index (χ0v) is 7.60.